The summed E-state index contributed by atoms with van der Waals surface area (Å²) in [7, 11) is -2.84. The molecule has 0 aromatic heterocycles. The van der Waals surface area contributed by atoms with Crippen LogP contribution >= 0.6 is 31.7 Å². The summed E-state index contributed by atoms with van der Waals surface area (Å²) >= 11 is 0. The average Bonchev–Trinajstić information content (AvgIpc) is 0.713. The van der Waals surface area contributed by atoms with E-state index in [1.54, 1.807) is 0 Å². The number of fused-ring (bicyclic) bond motifs is 28. The maximum absolute atomic E-state index is 6.70. The highest BCUT2D eigenvalue weighted by Crippen LogP contribution is 2.60. The van der Waals surface area contributed by atoms with Crippen LogP contribution in [0, 0.1) is 0 Å². The van der Waals surface area contributed by atoms with Gasteiger partial charge in [-0.15, -0.1) is 0 Å². The van der Waals surface area contributed by atoms with E-state index in [1.807, 2.05) is 42.5 Å². The fourth-order valence-electron chi connectivity index (χ4n) is 16.5. The number of hydrogen-bond acceptors (Lipinski definition) is 8. The van der Waals surface area contributed by atoms with E-state index in [4.69, 9.17) is 37.9 Å². The van der Waals surface area contributed by atoms with Crippen LogP contribution in [0.3, 0.4) is 0 Å². The Bertz CT molecular complexity index is 6860. The van der Waals surface area contributed by atoms with E-state index in [9.17, 15) is 0 Å². The van der Waals surface area contributed by atoms with Crippen molar-refractivity contribution < 1.29 is 37.9 Å². The molecule has 4 atom stereocenters. The van der Waals surface area contributed by atoms with E-state index in [1.165, 1.54) is 85.2 Å². The molecular weight excluding hydrogens is 1400 g/mol. The van der Waals surface area contributed by atoms with Crippen molar-refractivity contribution in [2.45, 2.75) is 0 Å². The zero-order valence-electron chi connectivity index (χ0n) is 57.4. The van der Waals surface area contributed by atoms with Gasteiger partial charge in [0.05, 0.1) is 21.2 Å². The normalized spacial score (nSPS) is 16.0. The Hall–Kier alpha value is -12.4. The van der Waals surface area contributed by atoms with Crippen molar-refractivity contribution in [3.63, 3.8) is 0 Å². The van der Waals surface area contributed by atoms with Gasteiger partial charge in [-0.1, -0.05) is 261 Å². The van der Waals surface area contributed by atoms with Gasteiger partial charge in [-0.25, -0.2) is 0 Å². The van der Waals surface area contributed by atoms with Crippen LogP contribution in [0.15, 0.2) is 340 Å². The van der Waals surface area contributed by atoms with Crippen molar-refractivity contribution >= 4 is 160 Å². The van der Waals surface area contributed by atoms with Crippen LogP contribution in [-0.4, -0.2) is 0 Å². The summed E-state index contributed by atoms with van der Waals surface area (Å²) in [5.41, 5.74) is 0. The fourth-order valence-corrected chi connectivity index (χ4v) is 26.9. The van der Waals surface area contributed by atoms with Gasteiger partial charge in [0.25, 0.3) is 0 Å². The monoisotopic (exact) mass is 1460 g/mol. The molecule has 0 N–H and O–H groups in total. The minimum Gasteiger partial charge on any atom is -0.456 e. The first-order valence-electron chi connectivity index (χ1n) is 36.0. The van der Waals surface area contributed by atoms with Crippen molar-refractivity contribution in [1.29, 1.82) is 0 Å². The highest BCUT2D eigenvalue weighted by Gasteiger charge is 2.43. The molecule has 0 bridgehead atoms. The van der Waals surface area contributed by atoms with Crippen LogP contribution in [0.1, 0.15) is 0 Å². The minimum absolute atomic E-state index is 0.674. The third-order valence-electron chi connectivity index (χ3n) is 21.2. The molecule has 0 amide bonds. The lowest BCUT2D eigenvalue weighted by Gasteiger charge is -2.35. The number of benzene rings is 18. The van der Waals surface area contributed by atoms with E-state index in [-0.39, 0.29) is 0 Å². The molecule has 26 rings (SSSR count). The Labute approximate surface area is 625 Å². The molecule has 18 aromatic carbocycles. The number of ether oxygens (including phenoxy) is 8. The van der Waals surface area contributed by atoms with Crippen molar-refractivity contribution in [3.05, 3.63) is 340 Å². The topological polar surface area (TPSA) is 73.8 Å². The fraction of sp³-hybridized carbons (Fsp3) is 0. The molecule has 0 aliphatic carbocycles. The summed E-state index contributed by atoms with van der Waals surface area (Å²) in [5.74, 6) is 15.2. The zero-order valence-corrected chi connectivity index (χ0v) is 61.0. The maximum atomic E-state index is 6.70. The predicted molar refractivity (Wildman–Crippen MR) is 446 cm³/mol. The second-order valence-electron chi connectivity index (χ2n) is 27.3. The summed E-state index contributed by atoms with van der Waals surface area (Å²) < 4.78 is 51.4. The average molecular weight is 1460 g/mol. The standard InChI is InChI=1S/2C26H15O2P.2C22H13O2P/c1-3-9-18-16(7-1)13-14-23-24(18)28-21-15-17-8-2-4-10-19(17)25-26(21)29(23)22-12-6-5-11-20(22)27-25;1-3-9-18-16(7-1)13-14-23-24(18)28-25-19-10-4-2-8-17(19)15-21-26(25)29(23)22-12-6-5-11-20(22)27-21;1-2-8-15-14(7-1)13-18-22-21(15)24-17-10-4-6-12-20(17)25(22)19-11-5-3-9-16(19)23-18;1-2-7-15-14(6-1)12-13-20-21(15)24-18-10-5-9-17-22(18)25(20)19-11-4-3-8-16(19)23-17/h2*1-15H;2*1-13H. The predicted octanol–water partition coefficient (Wildman–Crippen LogP) is 21.5. The Morgan fingerprint density at radius 1 is 0.139 bits per heavy atom. The highest BCUT2D eigenvalue weighted by atomic mass is 31.1. The van der Waals surface area contributed by atoms with E-state index in [0.29, 0.717) is 0 Å². The second-order valence-corrected chi connectivity index (χ2v) is 35.7. The second kappa shape index (κ2) is 24.6. The first-order chi connectivity index (χ1) is 53.6. The van der Waals surface area contributed by atoms with Crippen molar-refractivity contribution in [3.8, 4) is 92.0 Å². The zero-order chi connectivity index (χ0) is 70.7. The van der Waals surface area contributed by atoms with Crippen LogP contribution < -0.4 is 102 Å². The minimum atomic E-state index is -0.747. The molecule has 508 valence electrons. The van der Waals surface area contributed by atoms with Crippen molar-refractivity contribution in [2.75, 3.05) is 0 Å². The Balaban J connectivity index is 0.0000000872. The summed E-state index contributed by atoms with van der Waals surface area (Å²) in [6, 6.07) is 118. The van der Waals surface area contributed by atoms with E-state index in [0.717, 1.165) is 135 Å². The molecule has 0 fully saturated rings. The Morgan fingerprint density at radius 3 is 0.750 bits per heavy atom. The number of para-hydroxylation sites is 5. The van der Waals surface area contributed by atoms with Crippen LogP contribution in [-0.2, 0) is 0 Å². The lowest BCUT2D eigenvalue weighted by Crippen LogP contribution is -2.32. The SMILES string of the molecule is c1ccc2c(c1)Oc1c3c(cc4ccccc14)Oc1c(ccc4ccccc14)P23.c1ccc2c(c1)Oc1cc3ccccc3c3c1P2c1ccc2ccccc2c1O3.c1ccc2c(c1)Oc1cc3ccccc3c3c1P2c1ccccc1O3.c1ccc2c(c1)Oc1cccc3c1P2c1ccc2ccccc2c1O3. The van der Waals surface area contributed by atoms with Gasteiger partial charge in [0, 0.05) is 106 Å². The molecule has 108 heavy (non-hydrogen) atoms. The van der Waals surface area contributed by atoms with Crippen molar-refractivity contribution in [1.82, 2.24) is 0 Å². The highest BCUT2D eigenvalue weighted by molar-refractivity contribution is 7.82. The third-order valence-corrected chi connectivity index (χ3v) is 31.5. The molecular formula is C96H56O8P4. The van der Waals surface area contributed by atoms with Crippen LogP contribution in [0.5, 0.6) is 92.0 Å². The van der Waals surface area contributed by atoms with Gasteiger partial charge in [-0.2, -0.15) is 0 Å². The van der Waals surface area contributed by atoms with Gasteiger partial charge in [-0.05, 0) is 111 Å². The number of hydrogen-bond donors (Lipinski definition) is 0. The Kier molecular flexibility index (Phi) is 14.1. The Morgan fingerprint density at radius 2 is 0.370 bits per heavy atom. The lowest BCUT2D eigenvalue weighted by atomic mass is 10.1. The van der Waals surface area contributed by atoms with E-state index in [2.05, 4.69) is 297 Å². The van der Waals surface area contributed by atoms with E-state index >= 15 is 0 Å². The van der Waals surface area contributed by atoms with Gasteiger partial charge in [0.15, 0.2) is 0 Å². The molecule has 8 aliphatic heterocycles. The van der Waals surface area contributed by atoms with Gasteiger partial charge in [-0.3, -0.25) is 0 Å². The molecule has 4 unspecified atom stereocenters. The molecule has 12 heteroatoms. The third kappa shape index (κ3) is 9.58. The van der Waals surface area contributed by atoms with Crippen molar-refractivity contribution in [2.24, 2.45) is 0 Å². The van der Waals surface area contributed by atoms with Crippen LogP contribution in [0.4, 0.5) is 0 Å². The quantitative estimate of drug-likeness (QED) is 0.139. The molecule has 8 nitrogen and oxygen atoms in total. The molecule has 8 aliphatic rings. The van der Waals surface area contributed by atoms with Gasteiger partial charge in [0.1, 0.15) is 92.0 Å². The first-order valence-corrected chi connectivity index (χ1v) is 41.4. The smallest absolute Gasteiger partial charge is 0.147 e. The molecule has 0 spiro atoms. The number of rotatable bonds is 0. The summed E-state index contributed by atoms with van der Waals surface area (Å²) in [6.07, 6.45) is 0. The van der Waals surface area contributed by atoms with Crippen LogP contribution in [0.25, 0.3) is 64.6 Å². The summed E-state index contributed by atoms with van der Waals surface area (Å²) in [4.78, 5) is 0. The summed E-state index contributed by atoms with van der Waals surface area (Å²) in [6.45, 7) is 0. The molecule has 0 radical (unpaired) electrons. The lowest BCUT2D eigenvalue weighted by molar-refractivity contribution is 0.469. The van der Waals surface area contributed by atoms with Gasteiger partial charge < -0.3 is 37.9 Å². The largest absolute Gasteiger partial charge is 0.456 e. The summed E-state index contributed by atoms with van der Waals surface area (Å²) in [5, 5.41) is 28.8. The molecule has 0 saturated carbocycles. The van der Waals surface area contributed by atoms with Crippen LogP contribution in [0.2, 0.25) is 0 Å². The molecule has 0 saturated heterocycles. The maximum Gasteiger partial charge on any atom is 0.147 e. The first kappa shape index (κ1) is 61.9. The van der Waals surface area contributed by atoms with E-state index < -0.39 is 31.7 Å². The molecule has 18 aromatic rings. The van der Waals surface area contributed by atoms with Gasteiger partial charge in [0.2, 0.25) is 0 Å². The molecule has 8 heterocycles. The van der Waals surface area contributed by atoms with Gasteiger partial charge >= 0.3 is 0 Å².